The summed E-state index contributed by atoms with van der Waals surface area (Å²) < 4.78 is 30.2. The molecule has 1 aromatic carbocycles. The van der Waals surface area contributed by atoms with Crippen molar-refractivity contribution in [2.24, 2.45) is 0 Å². The molecule has 0 atom stereocenters. The Morgan fingerprint density at radius 2 is 2.15 bits per heavy atom. The first-order chi connectivity index (χ1) is 6.07. The molecule has 1 aliphatic rings. The Balaban J connectivity index is 2.57. The van der Waals surface area contributed by atoms with E-state index in [0.717, 1.165) is 5.56 Å². The van der Waals surface area contributed by atoms with E-state index in [1.807, 2.05) is 0 Å². The van der Waals surface area contributed by atoms with Gasteiger partial charge in [-0.3, -0.25) is 9.87 Å². The SMILES string of the molecule is O=S(=O)(O)c1ccc2c(c1)NC=[C+]2. The first-order valence-electron chi connectivity index (χ1n) is 3.54. The van der Waals surface area contributed by atoms with Crippen molar-refractivity contribution in [2.45, 2.75) is 4.90 Å². The van der Waals surface area contributed by atoms with E-state index in [4.69, 9.17) is 4.55 Å². The Labute approximate surface area is 75.6 Å². The molecule has 5 heteroatoms. The molecule has 0 saturated heterocycles. The van der Waals surface area contributed by atoms with Crippen LogP contribution in [0.3, 0.4) is 0 Å². The molecular formula is C8H6NO3S+. The Hall–Kier alpha value is -1.42. The fourth-order valence-electron chi connectivity index (χ4n) is 1.12. The van der Waals surface area contributed by atoms with E-state index in [9.17, 15) is 8.42 Å². The van der Waals surface area contributed by atoms with E-state index in [0.29, 0.717) is 5.69 Å². The van der Waals surface area contributed by atoms with Crippen molar-refractivity contribution in [3.8, 4) is 0 Å². The highest BCUT2D eigenvalue weighted by Gasteiger charge is 2.20. The van der Waals surface area contributed by atoms with Crippen LogP contribution >= 0.6 is 0 Å². The van der Waals surface area contributed by atoms with E-state index < -0.39 is 10.1 Å². The molecule has 0 spiro atoms. The molecule has 0 radical (unpaired) electrons. The predicted octanol–water partition coefficient (Wildman–Crippen LogP) is 1.02. The molecule has 0 aromatic heterocycles. The van der Waals surface area contributed by atoms with Crippen molar-refractivity contribution in [3.63, 3.8) is 0 Å². The molecule has 0 saturated carbocycles. The van der Waals surface area contributed by atoms with Crippen LogP contribution < -0.4 is 5.32 Å². The second kappa shape index (κ2) is 2.53. The van der Waals surface area contributed by atoms with Crippen molar-refractivity contribution >= 4 is 15.8 Å². The van der Waals surface area contributed by atoms with Gasteiger partial charge in [-0.25, -0.2) is 0 Å². The Bertz CT molecular complexity index is 476. The van der Waals surface area contributed by atoms with Crippen molar-refractivity contribution in [1.82, 2.24) is 0 Å². The van der Waals surface area contributed by atoms with Crippen LogP contribution in [0.4, 0.5) is 5.69 Å². The van der Waals surface area contributed by atoms with Gasteiger partial charge in [0.05, 0.1) is 12.1 Å². The first-order valence-corrected chi connectivity index (χ1v) is 4.98. The van der Waals surface area contributed by atoms with Crippen LogP contribution in [0.1, 0.15) is 5.56 Å². The van der Waals surface area contributed by atoms with Crippen LogP contribution in [0.2, 0.25) is 0 Å². The third-order valence-corrected chi connectivity index (χ3v) is 2.59. The minimum Gasteiger partial charge on any atom is -0.288 e. The Morgan fingerprint density at radius 3 is 2.85 bits per heavy atom. The quantitative estimate of drug-likeness (QED) is 0.520. The lowest BCUT2D eigenvalue weighted by Crippen LogP contribution is -1.98. The number of anilines is 1. The van der Waals surface area contributed by atoms with E-state index in [2.05, 4.69) is 11.4 Å². The number of nitrogens with one attached hydrogen (secondary N) is 1. The maximum Gasteiger partial charge on any atom is 0.296 e. The van der Waals surface area contributed by atoms with Gasteiger partial charge in [0, 0.05) is 12.1 Å². The van der Waals surface area contributed by atoms with Gasteiger partial charge in [0.25, 0.3) is 10.1 Å². The topological polar surface area (TPSA) is 66.4 Å². The molecule has 2 rings (SSSR count). The number of fused-ring (bicyclic) bond motifs is 1. The maximum absolute atomic E-state index is 10.7. The summed E-state index contributed by atoms with van der Waals surface area (Å²) in [7, 11) is -4.11. The lowest BCUT2D eigenvalue weighted by molar-refractivity contribution is 0.483. The van der Waals surface area contributed by atoms with Crippen LogP contribution in [-0.2, 0) is 10.1 Å². The average molecular weight is 196 g/mol. The molecule has 4 nitrogen and oxygen atoms in total. The van der Waals surface area contributed by atoms with Crippen LogP contribution in [0.25, 0.3) is 0 Å². The number of rotatable bonds is 1. The zero-order chi connectivity index (χ0) is 9.47. The summed E-state index contributed by atoms with van der Waals surface area (Å²) in [6, 6.07) is 4.28. The summed E-state index contributed by atoms with van der Waals surface area (Å²) in [5.41, 5.74) is 1.42. The van der Waals surface area contributed by atoms with E-state index in [1.54, 1.807) is 12.3 Å². The van der Waals surface area contributed by atoms with Gasteiger partial charge in [-0.15, -0.1) is 0 Å². The highest BCUT2D eigenvalue weighted by Crippen LogP contribution is 2.24. The molecule has 13 heavy (non-hydrogen) atoms. The van der Waals surface area contributed by atoms with Gasteiger partial charge in [0.15, 0.2) is 5.69 Å². The molecule has 0 amide bonds. The molecule has 66 valence electrons. The fraction of sp³-hybridized carbons (Fsp3) is 0. The van der Waals surface area contributed by atoms with Gasteiger partial charge < -0.3 is 0 Å². The molecule has 2 N–H and O–H groups in total. The number of hydrogen-bond acceptors (Lipinski definition) is 3. The lowest BCUT2D eigenvalue weighted by Gasteiger charge is -1.94. The van der Waals surface area contributed by atoms with Crippen molar-refractivity contribution in [1.29, 1.82) is 0 Å². The molecule has 1 aromatic rings. The van der Waals surface area contributed by atoms with E-state index >= 15 is 0 Å². The Morgan fingerprint density at radius 1 is 1.38 bits per heavy atom. The Kier molecular flexibility index (Phi) is 1.60. The average Bonchev–Trinajstić information content (AvgIpc) is 2.47. The van der Waals surface area contributed by atoms with E-state index in [-0.39, 0.29) is 4.90 Å². The summed E-state index contributed by atoms with van der Waals surface area (Å²) in [6.45, 7) is 0. The summed E-state index contributed by atoms with van der Waals surface area (Å²) in [5.74, 6) is 0. The second-order valence-corrected chi connectivity index (χ2v) is 4.04. The molecule has 0 fully saturated rings. The van der Waals surface area contributed by atoms with Crippen molar-refractivity contribution < 1.29 is 13.0 Å². The van der Waals surface area contributed by atoms with Gasteiger partial charge in [-0.2, -0.15) is 8.42 Å². The molecular weight excluding hydrogens is 190 g/mol. The molecule has 1 heterocycles. The molecule has 1 aliphatic heterocycles. The van der Waals surface area contributed by atoms with Gasteiger partial charge in [-0.1, -0.05) is 0 Å². The van der Waals surface area contributed by atoms with Crippen LogP contribution in [0, 0.1) is 6.08 Å². The highest BCUT2D eigenvalue weighted by molar-refractivity contribution is 7.85. The normalized spacial score (nSPS) is 13.3. The number of benzene rings is 1. The minimum atomic E-state index is -4.11. The van der Waals surface area contributed by atoms with Gasteiger partial charge in [-0.05, 0) is 0 Å². The third kappa shape index (κ3) is 1.40. The summed E-state index contributed by atoms with van der Waals surface area (Å²) in [6.07, 6.45) is 4.45. The van der Waals surface area contributed by atoms with Crippen LogP contribution in [-0.4, -0.2) is 13.0 Å². The number of hydrogen-bond donors (Lipinski definition) is 2. The fourth-order valence-corrected chi connectivity index (χ4v) is 1.63. The molecule has 0 bridgehead atoms. The summed E-state index contributed by atoms with van der Waals surface area (Å²) in [5, 5.41) is 2.80. The maximum atomic E-state index is 10.7. The standard InChI is InChI=1S/C8H5NO3S/c10-13(11,12)7-2-1-6-3-4-9-8(6)5-7/h1-2,4-5,9H/p+1. The molecule has 0 aliphatic carbocycles. The monoisotopic (exact) mass is 196 g/mol. The van der Waals surface area contributed by atoms with Crippen LogP contribution in [0.15, 0.2) is 29.3 Å². The van der Waals surface area contributed by atoms with E-state index in [1.165, 1.54) is 12.1 Å². The highest BCUT2D eigenvalue weighted by atomic mass is 32.2. The van der Waals surface area contributed by atoms with Gasteiger partial charge in [0.2, 0.25) is 5.56 Å². The zero-order valence-corrected chi connectivity index (χ0v) is 7.30. The van der Waals surface area contributed by atoms with Crippen LogP contribution in [0.5, 0.6) is 0 Å². The minimum absolute atomic E-state index is 0.115. The predicted molar refractivity (Wildman–Crippen MR) is 46.8 cm³/mol. The van der Waals surface area contributed by atoms with Gasteiger partial charge >= 0.3 is 0 Å². The van der Waals surface area contributed by atoms with Gasteiger partial charge in [0.1, 0.15) is 11.1 Å². The summed E-state index contributed by atoms with van der Waals surface area (Å²) in [4.78, 5) is -0.115. The first kappa shape index (κ1) is 8.19. The van der Waals surface area contributed by atoms with Crippen molar-refractivity contribution in [2.75, 3.05) is 5.32 Å². The second-order valence-electron chi connectivity index (χ2n) is 2.62. The lowest BCUT2D eigenvalue weighted by atomic mass is 10.2. The molecule has 0 unspecified atom stereocenters. The summed E-state index contributed by atoms with van der Waals surface area (Å²) >= 11 is 0. The zero-order valence-electron chi connectivity index (χ0n) is 6.48. The van der Waals surface area contributed by atoms with Crippen molar-refractivity contribution in [3.05, 3.63) is 36.0 Å². The smallest absolute Gasteiger partial charge is 0.288 e. The largest absolute Gasteiger partial charge is 0.296 e. The third-order valence-electron chi connectivity index (χ3n) is 1.74.